The number of hydrogen-bond donors (Lipinski definition) is 4. The third kappa shape index (κ3) is 3.85. The summed E-state index contributed by atoms with van der Waals surface area (Å²) in [6.07, 6.45) is 6.34. The van der Waals surface area contributed by atoms with E-state index in [0.29, 0.717) is 18.5 Å². The van der Waals surface area contributed by atoms with E-state index in [1.54, 1.807) is 18.4 Å². The molecule has 0 bridgehead atoms. The molecular weight excluding hydrogens is 319 g/mol. The maximum Gasteiger partial charge on any atom is 0.250 e. The number of nitrogens with two attached hydrogens (primary N) is 1. The molecule has 130 valence electrons. The molecule has 25 heavy (non-hydrogen) atoms. The molecule has 2 atom stereocenters. The minimum absolute atomic E-state index is 0.0904. The molecule has 1 unspecified atom stereocenters. The lowest BCUT2D eigenvalue weighted by atomic mass is 9.90. The van der Waals surface area contributed by atoms with Gasteiger partial charge in [0.1, 0.15) is 6.17 Å². The van der Waals surface area contributed by atoms with Crippen molar-refractivity contribution in [3.05, 3.63) is 65.4 Å². The van der Waals surface area contributed by atoms with Crippen molar-refractivity contribution < 1.29 is 9.18 Å². The molecular formula is C19H21FN4O. The van der Waals surface area contributed by atoms with Crippen LogP contribution in [0.2, 0.25) is 0 Å². The average molecular weight is 340 g/mol. The summed E-state index contributed by atoms with van der Waals surface area (Å²) in [5.74, 6) is -0.731. The SMILES string of the molecule is N=C1C(C(N)=O)=CC=C/C1=C/Nc1ccc([C@H]2CNCCC2F)cc1. The Morgan fingerprint density at radius 1 is 1.36 bits per heavy atom. The zero-order valence-electron chi connectivity index (χ0n) is 13.8. The van der Waals surface area contributed by atoms with Gasteiger partial charge in [-0.1, -0.05) is 24.3 Å². The van der Waals surface area contributed by atoms with Crippen LogP contribution in [-0.2, 0) is 4.79 Å². The Balaban J connectivity index is 1.68. The summed E-state index contributed by atoms with van der Waals surface area (Å²) < 4.78 is 14.0. The van der Waals surface area contributed by atoms with Gasteiger partial charge >= 0.3 is 0 Å². The lowest BCUT2D eigenvalue weighted by Crippen LogP contribution is -2.36. The fourth-order valence-corrected chi connectivity index (χ4v) is 3.04. The highest BCUT2D eigenvalue weighted by Gasteiger charge is 2.25. The molecule has 1 heterocycles. The number of amides is 1. The van der Waals surface area contributed by atoms with E-state index in [1.165, 1.54) is 6.08 Å². The number of benzene rings is 1. The van der Waals surface area contributed by atoms with Crippen LogP contribution in [0.3, 0.4) is 0 Å². The summed E-state index contributed by atoms with van der Waals surface area (Å²) in [5, 5.41) is 14.3. The van der Waals surface area contributed by atoms with Crippen LogP contribution in [0, 0.1) is 5.41 Å². The monoisotopic (exact) mass is 340 g/mol. The van der Waals surface area contributed by atoms with Gasteiger partial charge in [0.25, 0.3) is 5.91 Å². The number of anilines is 1. The second kappa shape index (κ2) is 7.44. The lowest BCUT2D eigenvalue weighted by molar-refractivity contribution is -0.114. The van der Waals surface area contributed by atoms with Crippen molar-refractivity contribution in [3.8, 4) is 0 Å². The standard InChI is InChI=1S/C19H21FN4O/c20-17-8-9-23-11-16(17)12-4-6-14(7-5-12)24-10-13-2-1-3-15(18(13)21)19(22)25/h1-7,10,16-17,21,23-24H,8-9,11H2,(H2,22,25)/b13-10-,21-18?/t16-,17?/m1/s1. The minimum atomic E-state index is -0.811. The van der Waals surface area contributed by atoms with Crippen LogP contribution in [0.1, 0.15) is 17.9 Å². The maximum absolute atomic E-state index is 14.0. The Bertz CT molecular complexity index is 764. The van der Waals surface area contributed by atoms with Gasteiger partial charge in [-0.05, 0) is 36.7 Å². The van der Waals surface area contributed by atoms with Crippen LogP contribution >= 0.6 is 0 Å². The van der Waals surface area contributed by atoms with Gasteiger partial charge < -0.3 is 16.4 Å². The molecule has 6 heteroatoms. The topological polar surface area (TPSA) is 91.0 Å². The quantitative estimate of drug-likeness (QED) is 0.678. The number of carbonyl (C=O) groups excluding carboxylic acids is 1. The molecule has 1 aromatic rings. The molecule has 0 saturated carbocycles. The van der Waals surface area contributed by atoms with E-state index in [1.807, 2.05) is 24.3 Å². The number of halogens is 1. The smallest absolute Gasteiger partial charge is 0.250 e. The first-order valence-corrected chi connectivity index (χ1v) is 8.25. The number of carbonyl (C=O) groups is 1. The summed E-state index contributed by atoms with van der Waals surface area (Å²) in [6, 6.07) is 7.60. The van der Waals surface area contributed by atoms with Gasteiger partial charge in [0, 0.05) is 29.9 Å². The molecule has 1 aromatic carbocycles. The molecule has 5 N–H and O–H groups in total. The Morgan fingerprint density at radius 2 is 2.12 bits per heavy atom. The molecule has 0 radical (unpaired) electrons. The number of allylic oxidation sites excluding steroid dienone is 4. The first kappa shape index (κ1) is 17.1. The molecule has 1 aliphatic carbocycles. The van der Waals surface area contributed by atoms with Crippen LogP contribution < -0.4 is 16.4 Å². The molecule has 1 aliphatic heterocycles. The highest BCUT2D eigenvalue weighted by molar-refractivity contribution is 6.28. The van der Waals surface area contributed by atoms with Crippen LogP contribution in [0.15, 0.2) is 59.8 Å². The number of nitrogens with one attached hydrogen (secondary N) is 3. The zero-order chi connectivity index (χ0) is 17.8. The van der Waals surface area contributed by atoms with Crippen LogP contribution in [0.5, 0.6) is 0 Å². The van der Waals surface area contributed by atoms with Crippen molar-refractivity contribution in [2.75, 3.05) is 18.4 Å². The van der Waals surface area contributed by atoms with Crippen molar-refractivity contribution in [1.29, 1.82) is 5.41 Å². The molecule has 2 aliphatic rings. The van der Waals surface area contributed by atoms with Crippen molar-refractivity contribution in [1.82, 2.24) is 5.32 Å². The number of primary amides is 1. The highest BCUT2D eigenvalue weighted by Crippen LogP contribution is 2.27. The first-order valence-electron chi connectivity index (χ1n) is 8.25. The van der Waals surface area contributed by atoms with Gasteiger partial charge in [-0.3, -0.25) is 10.2 Å². The first-order chi connectivity index (χ1) is 12.1. The summed E-state index contributed by atoms with van der Waals surface area (Å²) in [5.41, 5.74) is 7.91. The van der Waals surface area contributed by atoms with Gasteiger partial charge in [-0.25, -0.2) is 4.39 Å². The Morgan fingerprint density at radius 3 is 2.80 bits per heavy atom. The van der Waals surface area contributed by atoms with Crippen LogP contribution in [0.25, 0.3) is 0 Å². The van der Waals surface area contributed by atoms with Gasteiger partial charge in [0.15, 0.2) is 0 Å². The van der Waals surface area contributed by atoms with Crippen molar-refractivity contribution >= 4 is 17.3 Å². The molecule has 3 rings (SSSR count). The zero-order valence-corrected chi connectivity index (χ0v) is 13.8. The Kier molecular flexibility index (Phi) is 5.09. The maximum atomic E-state index is 14.0. The summed E-state index contributed by atoms with van der Waals surface area (Å²) in [6.45, 7) is 1.38. The fourth-order valence-electron chi connectivity index (χ4n) is 3.04. The van der Waals surface area contributed by atoms with Crippen molar-refractivity contribution in [2.24, 2.45) is 5.73 Å². The third-order valence-corrected chi connectivity index (χ3v) is 4.49. The molecule has 5 nitrogen and oxygen atoms in total. The fraction of sp³-hybridized carbons (Fsp3) is 0.263. The van der Waals surface area contributed by atoms with E-state index in [-0.39, 0.29) is 17.2 Å². The van der Waals surface area contributed by atoms with Gasteiger partial charge in [-0.2, -0.15) is 0 Å². The molecule has 1 saturated heterocycles. The predicted molar refractivity (Wildman–Crippen MR) is 97.4 cm³/mol. The molecule has 1 fully saturated rings. The molecule has 1 amide bonds. The van der Waals surface area contributed by atoms with Crippen LogP contribution in [0.4, 0.5) is 10.1 Å². The van der Waals surface area contributed by atoms with E-state index in [0.717, 1.165) is 17.8 Å². The summed E-state index contributed by atoms with van der Waals surface area (Å²) in [7, 11) is 0. The van der Waals surface area contributed by atoms with Gasteiger partial charge in [0.05, 0.1) is 11.3 Å². The normalized spacial score (nSPS) is 24.9. The molecule has 0 spiro atoms. The van der Waals surface area contributed by atoms with Crippen molar-refractivity contribution in [2.45, 2.75) is 18.5 Å². The van der Waals surface area contributed by atoms with Crippen molar-refractivity contribution in [3.63, 3.8) is 0 Å². The lowest BCUT2D eigenvalue weighted by Gasteiger charge is -2.27. The van der Waals surface area contributed by atoms with Gasteiger partial charge in [0.2, 0.25) is 0 Å². The minimum Gasteiger partial charge on any atom is -0.366 e. The van der Waals surface area contributed by atoms with E-state index >= 15 is 0 Å². The molecule has 0 aromatic heterocycles. The third-order valence-electron chi connectivity index (χ3n) is 4.49. The number of hydrogen-bond acceptors (Lipinski definition) is 4. The van der Waals surface area contributed by atoms with Gasteiger partial charge in [-0.15, -0.1) is 0 Å². The number of rotatable bonds is 4. The number of alkyl halides is 1. The van der Waals surface area contributed by atoms with E-state index < -0.39 is 12.1 Å². The second-order valence-corrected chi connectivity index (χ2v) is 6.16. The average Bonchev–Trinajstić information content (AvgIpc) is 2.61. The van der Waals surface area contributed by atoms with E-state index in [2.05, 4.69) is 10.6 Å². The van der Waals surface area contributed by atoms with E-state index in [4.69, 9.17) is 11.1 Å². The largest absolute Gasteiger partial charge is 0.366 e. The second-order valence-electron chi connectivity index (χ2n) is 6.16. The summed E-state index contributed by atoms with van der Waals surface area (Å²) >= 11 is 0. The number of piperidine rings is 1. The van der Waals surface area contributed by atoms with E-state index in [9.17, 15) is 9.18 Å². The summed E-state index contributed by atoms with van der Waals surface area (Å²) in [4.78, 5) is 11.3. The predicted octanol–water partition coefficient (Wildman–Crippen LogP) is 2.40. The Hall–Kier alpha value is -2.73. The highest BCUT2D eigenvalue weighted by atomic mass is 19.1. The van der Waals surface area contributed by atoms with Crippen LogP contribution in [-0.4, -0.2) is 30.9 Å². The Labute approximate surface area is 146 Å².